The predicted octanol–water partition coefficient (Wildman–Crippen LogP) is 2.52. The summed E-state index contributed by atoms with van der Waals surface area (Å²) < 4.78 is 12.7. The van der Waals surface area contributed by atoms with Gasteiger partial charge >= 0.3 is 0 Å². The van der Waals surface area contributed by atoms with E-state index in [9.17, 15) is 9.59 Å². The van der Waals surface area contributed by atoms with Gasteiger partial charge in [-0.3, -0.25) is 18.9 Å². The van der Waals surface area contributed by atoms with Gasteiger partial charge in [0, 0.05) is 39.6 Å². The summed E-state index contributed by atoms with van der Waals surface area (Å²) in [6.07, 6.45) is 6.03. The molecule has 2 fully saturated rings. The lowest BCUT2D eigenvalue weighted by Gasteiger charge is -2.14. The van der Waals surface area contributed by atoms with Crippen LogP contribution in [0.2, 0.25) is 0 Å². The van der Waals surface area contributed by atoms with Crippen LogP contribution in [0.4, 0.5) is 5.82 Å². The zero-order chi connectivity index (χ0) is 21.8. The zero-order valence-electron chi connectivity index (χ0n) is 17.2. The molecular formula is C21H24N4O4S2. The maximum Gasteiger partial charge on any atom is 0.267 e. The molecule has 0 radical (unpaired) electrons. The fourth-order valence-electron chi connectivity index (χ4n) is 3.57. The number of carbonyl (C=O) groups excluding carboxylic acids is 1. The van der Waals surface area contributed by atoms with Gasteiger partial charge in [0.05, 0.1) is 16.6 Å². The van der Waals surface area contributed by atoms with Crippen molar-refractivity contribution in [3.63, 3.8) is 0 Å². The van der Waals surface area contributed by atoms with Gasteiger partial charge in [0.25, 0.3) is 11.5 Å². The van der Waals surface area contributed by atoms with E-state index >= 15 is 0 Å². The second kappa shape index (κ2) is 9.90. The number of aromatic nitrogens is 2. The maximum absolute atomic E-state index is 13.2. The number of nitrogens with zero attached hydrogens (tertiary/aromatic N) is 3. The Morgan fingerprint density at radius 2 is 2.29 bits per heavy atom. The molecule has 2 aromatic heterocycles. The van der Waals surface area contributed by atoms with E-state index < -0.39 is 0 Å². The molecule has 0 spiro atoms. The number of rotatable bonds is 8. The van der Waals surface area contributed by atoms with Gasteiger partial charge in [-0.2, -0.15) is 0 Å². The third kappa shape index (κ3) is 4.82. The number of fused-ring (bicyclic) bond motifs is 1. The lowest BCUT2D eigenvalue weighted by molar-refractivity contribution is -0.122. The average molecular weight is 461 g/mol. The lowest BCUT2D eigenvalue weighted by atomic mass is 10.2. The van der Waals surface area contributed by atoms with Gasteiger partial charge in [-0.05, 0) is 37.5 Å². The molecular weight excluding hydrogens is 436 g/mol. The second-order valence-corrected chi connectivity index (χ2v) is 8.98. The fraction of sp³-hybridized carbons (Fsp3) is 0.429. The Morgan fingerprint density at radius 3 is 3.06 bits per heavy atom. The summed E-state index contributed by atoms with van der Waals surface area (Å²) >= 11 is 6.58. The topological polar surface area (TPSA) is 85.2 Å². The third-order valence-electron chi connectivity index (χ3n) is 5.17. The molecule has 8 nitrogen and oxygen atoms in total. The summed E-state index contributed by atoms with van der Waals surface area (Å²) in [5, 5.41) is 3.26. The second-order valence-electron chi connectivity index (χ2n) is 7.30. The number of pyridine rings is 1. The monoisotopic (exact) mass is 460 g/mol. The molecule has 4 rings (SSSR count). The Morgan fingerprint density at radius 1 is 1.42 bits per heavy atom. The number of anilines is 1. The minimum absolute atomic E-state index is 0.0860. The van der Waals surface area contributed by atoms with Crippen molar-refractivity contribution in [2.45, 2.75) is 25.4 Å². The normalized spacial score (nSPS) is 20.4. The molecule has 1 atom stereocenters. The van der Waals surface area contributed by atoms with Crippen molar-refractivity contribution >= 4 is 51.7 Å². The summed E-state index contributed by atoms with van der Waals surface area (Å²) in [6.45, 7) is 2.32. The highest BCUT2D eigenvalue weighted by atomic mass is 32.2. The summed E-state index contributed by atoms with van der Waals surface area (Å²) in [6, 6.07) is 5.38. The molecule has 2 saturated heterocycles. The molecule has 0 saturated carbocycles. The van der Waals surface area contributed by atoms with Crippen LogP contribution < -0.4 is 10.9 Å². The molecule has 0 unspecified atom stereocenters. The van der Waals surface area contributed by atoms with E-state index in [0.29, 0.717) is 52.4 Å². The molecule has 0 bridgehead atoms. The van der Waals surface area contributed by atoms with Gasteiger partial charge in [-0.1, -0.05) is 30.0 Å². The van der Waals surface area contributed by atoms with Crippen LogP contribution in [-0.2, 0) is 14.3 Å². The molecule has 2 aliphatic heterocycles. The maximum atomic E-state index is 13.2. The van der Waals surface area contributed by atoms with Crippen LogP contribution in [0.15, 0.2) is 34.1 Å². The van der Waals surface area contributed by atoms with Crippen LogP contribution in [-0.4, -0.2) is 64.0 Å². The van der Waals surface area contributed by atoms with Gasteiger partial charge < -0.3 is 14.8 Å². The van der Waals surface area contributed by atoms with Crippen molar-refractivity contribution in [2.24, 2.45) is 0 Å². The highest BCUT2D eigenvalue weighted by molar-refractivity contribution is 8.26. The molecule has 10 heteroatoms. The Labute approximate surface area is 189 Å². The van der Waals surface area contributed by atoms with E-state index in [2.05, 4.69) is 10.3 Å². The number of thioether (sulfide) groups is 1. The minimum atomic E-state index is -0.245. The quantitative estimate of drug-likeness (QED) is 0.366. The first-order chi connectivity index (χ1) is 15.1. The zero-order valence-corrected chi connectivity index (χ0v) is 18.8. The van der Waals surface area contributed by atoms with E-state index in [1.165, 1.54) is 16.2 Å². The van der Waals surface area contributed by atoms with Crippen LogP contribution in [0.3, 0.4) is 0 Å². The van der Waals surface area contributed by atoms with Crippen molar-refractivity contribution in [3.05, 3.63) is 45.2 Å². The molecule has 0 aliphatic carbocycles. The van der Waals surface area contributed by atoms with Crippen LogP contribution in [0.5, 0.6) is 0 Å². The molecule has 4 heterocycles. The number of hydrogen-bond acceptors (Lipinski definition) is 8. The van der Waals surface area contributed by atoms with Gasteiger partial charge in [0.15, 0.2) is 0 Å². The van der Waals surface area contributed by atoms with Gasteiger partial charge in [-0.25, -0.2) is 4.98 Å². The highest BCUT2D eigenvalue weighted by Gasteiger charge is 2.32. The summed E-state index contributed by atoms with van der Waals surface area (Å²) in [5.74, 6) is 0.241. The van der Waals surface area contributed by atoms with Crippen LogP contribution in [0, 0.1) is 0 Å². The number of thiocarbonyl (C=S) groups is 1. The summed E-state index contributed by atoms with van der Waals surface area (Å²) in [5.41, 5.74) is 0.621. The first-order valence-corrected chi connectivity index (χ1v) is 11.4. The third-order valence-corrected chi connectivity index (χ3v) is 6.55. The molecule has 164 valence electrons. The van der Waals surface area contributed by atoms with Crippen LogP contribution in [0.1, 0.15) is 24.8 Å². The van der Waals surface area contributed by atoms with Crippen molar-refractivity contribution in [2.75, 3.05) is 38.7 Å². The lowest BCUT2D eigenvalue weighted by Crippen LogP contribution is -2.29. The smallest absolute Gasteiger partial charge is 0.267 e. The van der Waals surface area contributed by atoms with E-state index in [0.717, 1.165) is 19.4 Å². The minimum Gasteiger partial charge on any atom is -0.385 e. The first kappa shape index (κ1) is 21.9. The highest BCUT2D eigenvalue weighted by Crippen LogP contribution is 2.33. The number of hydrogen-bond donors (Lipinski definition) is 1. The van der Waals surface area contributed by atoms with E-state index in [1.807, 2.05) is 6.07 Å². The molecule has 2 aromatic rings. The van der Waals surface area contributed by atoms with Crippen molar-refractivity contribution < 1.29 is 14.3 Å². The first-order valence-electron chi connectivity index (χ1n) is 10.2. The van der Waals surface area contributed by atoms with Crippen molar-refractivity contribution in [1.82, 2.24) is 14.3 Å². The van der Waals surface area contributed by atoms with Crippen molar-refractivity contribution in [3.8, 4) is 0 Å². The Bertz CT molecular complexity index is 1080. The van der Waals surface area contributed by atoms with Crippen molar-refractivity contribution in [1.29, 1.82) is 0 Å². The molecule has 2 aliphatic rings. The Balaban J connectivity index is 1.67. The number of methoxy groups -OCH3 is 1. The number of amides is 1. The summed E-state index contributed by atoms with van der Waals surface area (Å²) in [7, 11) is 1.62. The predicted molar refractivity (Wildman–Crippen MR) is 125 cm³/mol. The van der Waals surface area contributed by atoms with Gasteiger partial charge in [-0.15, -0.1) is 0 Å². The number of ether oxygens (including phenoxy) is 2. The summed E-state index contributed by atoms with van der Waals surface area (Å²) in [4.78, 5) is 32.7. The van der Waals surface area contributed by atoms with E-state index in [1.54, 1.807) is 36.4 Å². The Kier molecular flexibility index (Phi) is 7.01. The largest absolute Gasteiger partial charge is 0.385 e. The molecule has 1 N–H and O–H groups in total. The van der Waals surface area contributed by atoms with E-state index in [-0.39, 0.29) is 17.6 Å². The molecule has 31 heavy (non-hydrogen) atoms. The van der Waals surface area contributed by atoms with Gasteiger partial charge in [0.2, 0.25) is 0 Å². The van der Waals surface area contributed by atoms with Crippen LogP contribution in [0.25, 0.3) is 11.7 Å². The molecule has 0 aromatic carbocycles. The standard InChI is InChI=1S/C21H24N4O4S2/c1-28-10-5-9-25-20(27)16(31-21(25)30)12-15-18(22-13-14-6-4-11-29-14)23-17-7-2-3-8-24(17)19(15)26/h2-3,7-8,12,14,22H,4-6,9-11,13H2,1H3/b16-12+/t14-/m1/s1. The fourth-order valence-corrected chi connectivity index (χ4v) is 4.86. The van der Waals surface area contributed by atoms with Gasteiger partial charge in [0.1, 0.15) is 15.8 Å². The average Bonchev–Trinajstić information content (AvgIpc) is 3.38. The number of nitrogens with one attached hydrogen (secondary N) is 1. The Hall–Kier alpha value is -2.27. The molecule has 1 amide bonds. The van der Waals surface area contributed by atoms with Crippen LogP contribution >= 0.6 is 24.0 Å². The SMILES string of the molecule is COCCCN1C(=O)/C(=C\c2c(NC[C@H]3CCCO3)nc3ccccn3c2=O)SC1=S. The number of carbonyl (C=O) groups is 1. The van der Waals surface area contributed by atoms with E-state index in [4.69, 9.17) is 21.7 Å².